The molecule has 0 radical (unpaired) electrons. The first kappa shape index (κ1) is 25.9. The van der Waals surface area contributed by atoms with E-state index < -0.39 is 23.6 Å². The predicted molar refractivity (Wildman–Crippen MR) is 130 cm³/mol. The molecule has 34 heavy (non-hydrogen) atoms. The highest BCUT2D eigenvalue weighted by Crippen LogP contribution is 2.19. The van der Waals surface area contributed by atoms with E-state index in [2.05, 4.69) is 10.6 Å². The second kappa shape index (κ2) is 13.2. The molecule has 0 saturated carbocycles. The molecule has 0 aromatic heterocycles. The predicted octanol–water partition coefficient (Wildman–Crippen LogP) is 3.74. The largest absolute Gasteiger partial charge is 0.381 e. The average Bonchev–Trinajstić information content (AvgIpc) is 2.83. The molecule has 0 aliphatic carbocycles. The molecular formula is C26H31ClN2O5. The highest BCUT2D eigenvalue weighted by atomic mass is 35.5. The Morgan fingerprint density at radius 1 is 1.03 bits per heavy atom. The van der Waals surface area contributed by atoms with Gasteiger partial charge < -0.3 is 20.1 Å². The smallest absolute Gasteiger partial charge is 0.289 e. The van der Waals surface area contributed by atoms with Gasteiger partial charge in [0.1, 0.15) is 0 Å². The van der Waals surface area contributed by atoms with Crippen molar-refractivity contribution in [3.05, 3.63) is 69.7 Å². The molecule has 8 heteroatoms. The van der Waals surface area contributed by atoms with Gasteiger partial charge in [0.25, 0.3) is 11.8 Å². The first-order valence-corrected chi connectivity index (χ1v) is 12.0. The molecular weight excluding hydrogens is 456 g/mol. The van der Waals surface area contributed by atoms with Crippen LogP contribution in [0.15, 0.2) is 42.5 Å². The lowest BCUT2D eigenvalue weighted by Crippen LogP contribution is -2.47. The van der Waals surface area contributed by atoms with Crippen LogP contribution in [0.2, 0.25) is 5.02 Å². The fourth-order valence-electron chi connectivity index (χ4n) is 3.78. The lowest BCUT2D eigenvalue weighted by atomic mass is 10.0. The van der Waals surface area contributed by atoms with Gasteiger partial charge in [-0.25, -0.2) is 0 Å². The van der Waals surface area contributed by atoms with Crippen LogP contribution in [0, 0.1) is 6.92 Å². The van der Waals surface area contributed by atoms with Crippen LogP contribution in [0.1, 0.15) is 52.7 Å². The van der Waals surface area contributed by atoms with Crippen LogP contribution in [0.4, 0.5) is 0 Å². The number of benzene rings is 2. The van der Waals surface area contributed by atoms with Crippen LogP contribution >= 0.6 is 11.6 Å². The van der Waals surface area contributed by atoms with Crippen LogP contribution < -0.4 is 10.6 Å². The summed E-state index contributed by atoms with van der Waals surface area (Å²) in [5.41, 5.74) is 2.82. The zero-order chi connectivity index (χ0) is 24.3. The van der Waals surface area contributed by atoms with Gasteiger partial charge in [-0.15, -0.1) is 0 Å². The summed E-state index contributed by atoms with van der Waals surface area (Å²) >= 11 is 6.23. The van der Waals surface area contributed by atoms with Crippen molar-refractivity contribution in [2.75, 3.05) is 19.8 Å². The molecule has 3 rings (SSSR count). The average molecular weight is 487 g/mol. The van der Waals surface area contributed by atoms with E-state index in [9.17, 15) is 14.4 Å². The molecule has 1 atom stereocenters. The molecule has 1 unspecified atom stereocenters. The zero-order valence-corrected chi connectivity index (χ0v) is 20.2. The molecule has 0 fully saturated rings. The standard InChI is InChI=1S/C26H31ClN2O5/c1-18-8-6-11-22(27)21(18)16-28-26(32)24(30)23-12-4-5-13-33-14-7-15-34-17-19-9-2-3-10-20(19)25(31)29-23/h2-3,6,8-11,23H,4-5,7,12-17H2,1H3,(H,28,32)(H,29,31). The summed E-state index contributed by atoms with van der Waals surface area (Å²) in [6.07, 6.45) is 2.45. The number of hydrogen-bond acceptors (Lipinski definition) is 5. The van der Waals surface area contributed by atoms with Crippen LogP contribution in [0.3, 0.4) is 0 Å². The number of halogens is 1. The second-order valence-electron chi connectivity index (χ2n) is 8.28. The van der Waals surface area contributed by atoms with E-state index in [-0.39, 0.29) is 13.2 Å². The van der Waals surface area contributed by atoms with Crippen LogP contribution in [-0.4, -0.2) is 43.5 Å². The summed E-state index contributed by atoms with van der Waals surface area (Å²) in [4.78, 5) is 38.8. The Kier molecular flexibility index (Phi) is 10.1. The van der Waals surface area contributed by atoms with E-state index in [4.69, 9.17) is 21.1 Å². The van der Waals surface area contributed by atoms with Crippen LogP contribution in [0.25, 0.3) is 0 Å². The summed E-state index contributed by atoms with van der Waals surface area (Å²) in [5, 5.41) is 5.95. The minimum Gasteiger partial charge on any atom is -0.381 e. The fraction of sp³-hybridized carbons (Fsp3) is 0.423. The zero-order valence-electron chi connectivity index (χ0n) is 19.4. The molecule has 2 aromatic rings. The number of carbonyl (C=O) groups excluding carboxylic acids is 3. The van der Waals surface area contributed by atoms with Crippen molar-refractivity contribution >= 4 is 29.2 Å². The van der Waals surface area contributed by atoms with Gasteiger partial charge in [0, 0.05) is 37.0 Å². The molecule has 0 spiro atoms. The Morgan fingerprint density at radius 2 is 1.79 bits per heavy atom. The van der Waals surface area contributed by atoms with Crippen LogP contribution in [0.5, 0.6) is 0 Å². The number of amides is 2. The van der Waals surface area contributed by atoms with E-state index >= 15 is 0 Å². The number of Topliss-reactive ketones (excluding diaryl/α,β-unsaturated/α-hetero) is 1. The Balaban J connectivity index is 1.72. The minimum absolute atomic E-state index is 0.130. The summed E-state index contributed by atoms with van der Waals surface area (Å²) in [7, 11) is 0. The molecule has 2 aromatic carbocycles. The summed E-state index contributed by atoms with van der Waals surface area (Å²) in [5.74, 6) is -1.84. The Morgan fingerprint density at radius 3 is 2.62 bits per heavy atom. The van der Waals surface area contributed by atoms with Crippen molar-refractivity contribution in [3.8, 4) is 0 Å². The van der Waals surface area contributed by atoms with Gasteiger partial charge in [-0.1, -0.05) is 41.9 Å². The topological polar surface area (TPSA) is 93.7 Å². The van der Waals surface area contributed by atoms with Gasteiger partial charge in [0.2, 0.25) is 5.78 Å². The normalized spacial score (nSPS) is 18.1. The van der Waals surface area contributed by atoms with Gasteiger partial charge in [0.05, 0.1) is 12.6 Å². The van der Waals surface area contributed by atoms with Gasteiger partial charge in [0.15, 0.2) is 0 Å². The number of carbonyl (C=O) groups is 3. The lowest BCUT2D eigenvalue weighted by Gasteiger charge is -2.19. The van der Waals surface area contributed by atoms with Crippen LogP contribution in [-0.2, 0) is 32.2 Å². The number of aryl methyl sites for hydroxylation is 1. The minimum atomic E-state index is -0.945. The third kappa shape index (κ3) is 7.38. The van der Waals surface area contributed by atoms with Crippen molar-refractivity contribution < 1.29 is 23.9 Å². The number of ketones is 1. The Hall–Kier alpha value is -2.74. The molecule has 7 nitrogen and oxygen atoms in total. The highest BCUT2D eigenvalue weighted by Gasteiger charge is 2.27. The molecule has 2 N–H and O–H groups in total. The number of ether oxygens (including phenoxy) is 2. The summed E-state index contributed by atoms with van der Waals surface area (Å²) < 4.78 is 11.3. The summed E-state index contributed by atoms with van der Waals surface area (Å²) in [6, 6.07) is 11.6. The van der Waals surface area contributed by atoms with Gasteiger partial charge >= 0.3 is 0 Å². The van der Waals surface area contributed by atoms with Crippen molar-refractivity contribution in [3.63, 3.8) is 0 Å². The number of rotatable bonds is 4. The van der Waals surface area contributed by atoms with E-state index in [1.54, 1.807) is 18.2 Å². The number of fused-ring (bicyclic) bond motifs is 1. The number of nitrogens with one attached hydrogen (secondary N) is 2. The van der Waals surface area contributed by atoms with Crippen molar-refractivity contribution in [1.29, 1.82) is 0 Å². The maximum atomic E-state index is 13.1. The molecule has 2 amide bonds. The van der Waals surface area contributed by atoms with Gasteiger partial charge in [-0.2, -0.15) is 0 Å². The van der Waals surface area contributed by atoms with E-state index in [0.717, 1.165) is 29.5 Å². The maximum absolute atomic E-state index is 13.1. The number of hydrogen-bond donors (Lipinski definition) is 2. The summed E-state index contributed by atoms with van der Waals surface area (Å²) in [6.45, 7) is 3.96. The van der Waals surface area contributed by atoms with Gasteiger partial charge in [-0.3, -0.25) is 14.4 Å². The highest BCUT2D eigenvalue weighted by molar-refractivity contribution is 6.38. The van der Waals surface area contributed by atoms with E-state index in [0.29, 0.717) is 43.2 Å². The van der Waals surface area contributed by atoms with E-state index in [1.807, 2.05) is 31.2 Å². The van der Waals surface area contributed by atoms with Crippen molar-refractivity contribution in [2.45, 2.75) is 51.8 Å². The molecule has 182 valence electrons. The monoisotopic (exact) mass is 486 g/mol. The lowest BCUT2D eigenvalue weighted by molar-refractivity contribution is -0.139. The van der Waals surface area contributed by atoms with E-state index in [1.165, 1.54) is 0 Å². The quantitative estimate of drug-likeness (QED) is 0.642. The Labute approximate surface area is 205 Å². The second-order valence-corrected chi connectivity index (χ2v) is 8.69. The van der Waals surface area contributed by atoms with Crippen molar-refractivity contribution in [1.82, 2.24) is 10.6 Å². The maximum Gasteiger partial charge on any atom is 0.289 e. The molecule has 1 aliphatic rings. The Bertz CT molecular complexity index is 990. The molecule has 1 heterocycles. The first-order valence-electron chi connectivity index (χ1n) is 11.6. The molecule has 1 aliphatic heterocycles. The SMILES string of the molecule is Cc1cccc(Cl)c1CNC(=O)C(=O)C1CCCCOCCCOCc2ccccc2C(=O)N1. The first-order chi connectivity index (χ1) is 16.5. The molecule has 0 saturated heterocycles. The molecule has 0 bridgehead atoms. The van der Waals surface area contributed by atoms with Gasteiger partial charge in [-0.05, 0) is 61.4 Å². The van der Waals surface area contributed by atoms with Crippen molar-refractivity contribution in [2.24, 2.45) is 0 Å². The fourth-order valence-corrected chi connectivity index (χ4v) is 4.07. The third-order valence-corrected chi connectivity index (χ3v) is 6.11. The third-order valence-electron chi connectivity index (χ3n) is 5.75.